The number of rotatable bonds is 7. The first kappa shape index (κ1) is 17.6. The molecule has 3 rings (SSSR count). The second-order valence-corrected chi connectivity index (χ2v) is 7.93. The van der Waals surface area contributed by atoms with Crippen LogP contribution in [-0.4, -0.2) is 20.0 Å². The minimum absolute atomic E-state index is 0.177. The molecule has 1 aromatic carbocycles. The zero-order valence-corrected chi connectivity index (χ0v) is 15.3. The van der Waals surface area contributed by atoms with E-state index < -0.39 is 10.0 Å². The molecule has 0 aliphatic heterocycles. The maximum atomic E-state index is 12.5. The van der Waals surface area contributed by atoms with Crippen molar-refractivity contribution in [1.29, 1.82) is 0 Å². The molecule has 0 amide bonds. The molecule has 0 unspecified atom stereocenters. The van der Waals surface area contributed by atoms with Gasteiger partial charge in [-0.3, -0.25) is 4.98 Å². The molecule has 3 aromatic rings. The Balaban J connectivity index is 1.77. The fraction of sp³-hybridized carbons (Fsp3) is 0.167. The van der Waals surface area contributed by atoms with Crippen molar-refractivity contribution in [3.8, 4) is 16.3 Å². The van der Waals surface area contributed by atoms with Crippen LogP contribution in [0.5, 0.6) is 5.75 Å². The summed E-state index contributed by atoms with van der Waals surface area (Å²) < 4.78 is 33.0. The van der Waals surface area contributed by atoms with Crippen LogP contribution in [0, 0.1) is 0 Å². The lowest BCUT2D eigenvalue weighted by atomic mass is 10.2. The van der Waals surface area contributed by atoms with Crippen LogP contribution in [0.25, 0.3) is 10.6 Å². The van der Waals surface area contributed by atoms with Crippen LogP contribution in [0.1, 0.15) is 12.5 Å². The summed E-state index contributed by atoms with van der Waals surface area (Å²) in [6.07, 6.45) is 1.71. The summed E-state index contributed by atoms with van der Waals surface area (Å²) in [6, 6.07) is 14.0. The van der Waals surface area contributed by atoms with Gasteiger partial charge in [-0.15, -0.1) is 11.3 Å². The van der Waals surface area contributed by atoms with Crippen molar-refractivity contribution in [2.45, 2.75) is 18.4 Å². The van der Waals surface area contributed by atoms with E-state index in [0.29, 0.717) is 12.4 Å². The fourth-order valence-corrected chi connectivity index (χ4v) is 4.12. The average molecular weight is 374 g/mol. The quantitative estimate of drug-likeness (QED) is 0.685. The SMILES string of the molecule is CCOc1ccc(S(=O)(=O)NCc2cccnc2-c2cccs2)cc1. The summed E-state index contributed by atoms with van der Waals surface area (Å²) in [7, 11) is -3.61. The first-order valence-corrected chi connectivity index (χ1v) is 10.2. The number of pyridine rings is 1. The predicted octanol–water partition coefficient (Wildman–Crippen LogP) is 3.69. The number of aromatic nitrogens is 1. The van der Waals surface area contributed by atoms with Gasteiger partial charge in [-0.05, 0) is 54.3 Å². The van der Waals surface area contributed by atoms with Crippen LogP contribution in [-0.2, 0) is 16.6 Å². The molecule has 130 valence electrons. The molecule has 25 heavy (non-hydrogen) atoms. The second kappa shape index (κ2) is 7.77. The lowest BCUT2D eigenvalue weighted by Gasteiger charge is -2.10. The van der Waals surface area contributed by atoms with E-state index in [4.69, 9.17) is 4.74 Å². The van der Waals surface area contributed by atoms with Gasteiger partial charge in [0.1, 0.15) is 5.75 Å². The van der Waals surface area contributed by atoms with Gasteiger partial charge in [-0.2, -0.15) is 0 Å². The number of nitrogens with one attached hydrogen (secondary N) is 1. The highest BCUT2D eigenvalue weighted by Gasteiger charge is 2.15. The maximum Gasteiger partial charge on any atom is 0.240 e. The van der Waals surface area contributed by atoms with Gasteiger partial charge in [0.25, 0.3) is 0 Å². The van der Waals surface area contributed by atoms with Crippen molar-refractivity contribution >= 4 is 21.4 Å². The molecular formula is C18H18N2O3S2. The molecule has 0 aliphatic carbocycles. The summed E-state index contributed by atoms with van der Waals surface area (Å²) >= 11 is 1.57. The summed E-state index contributed by atoms with van der Waals surface area (Å²) in [5.41, 5.74) is 1.63. The van der Waals surface area contributed by atoms with Crippen molar-refractivity contribution < 1.29 is 13.2 Å². The lowest BCUT2D eigenvalue weighted by Crippen LogP contribution is -2.23. The van der Waals surface area contributed by atoms with Gasteiger partial charge in [-0.1, -0.05) is 12.1 Å². The highest BCUT2D eigenvalue weighted by molar-refractivity contribution is 7.89. The van der Waals surface area contributed by atoms with E-state index >= 15 is 0 Å². The molecule has 0 spiro atoms. The monoisotopic (exact) mass is 374 g/mol. The van der Waals surface area contributed by atoms with Crippen LogP contribution in [0.15, 0.2) is 65.0 Å². The molecule has 7 heteroatoms. The highest BCUT2D eigenvalue weighted by Crippen LogP contribution is 2.26. The number of hydrogen-bond donors (Lipinski definition) is 1. The van der Waals surface area contributed by atoms with Gasteiger partial charge in [0.05, 0.1) is 22.1 Å². The van der Waals surface area contributed by atoms with Crippen molar-refractivity contribution in [3.63, 3.8) is 0 Å². The third-order valence-corrected chi connectivity index (χ3v) is 5.84. The number of hydrogen-bond acceptors (Lipinski definition) is 5. The van der Waals surface area contributed by atoms with Crippen molar-refractivity contribution in [3.05, 3.63) is 65.7 Å². The molecule has 5 nitrogen and oxygen atoms in total. The first-order valence-electron chi connectivity index (χ1n) is 7.80. The lowest BCUT2D eigenvalue weighted by molar-refractivity contribution is 0.340. The number of sulfonamides is 1. The van der Waals surface area contributed by atoms with Gasteiger partial charge in [0, 0.05) is 12.7 Å². The smallest absolute Gasteiger partial charge is 0.240 e. The summed E-state index contributed by atoms with van der Waals surface area (Å²) in [5.74, 6) is 0.647. The zero-order valence-electron chi connectivity index (χ0n) is 13.7. The van der Waals surface area contributed by atoms with Crippen molar-refractivity contribution in [1.82, 2.24) is 9.71 Å². The largest absolute Gasteiger partial charge is 0.494 e. The Hall–Kier alpha value is -2.22. The average Bonchev–Trinajstić information content (AvgIpc) is 3.16. The second-order valence-electron chi connectivity index (χ2n) is 5.22. The number of benzene rings is 1. The maximum absolute atomic E-state index is 12.5. The van der Waals surface area contributed by atoms with Crippen LogP contribution in [0.3, 0.4) is 0 Å². The van der Waals surface area contributed by atoms with E-state index in [1.54, 1.807) is 35.7 Å². The summed E-state index contributed by atoms with van der Waals surface area (Å²) in [6.45, 7) is 2.60. The third-order valence-electron chi connectivity index (χ3n) is 3.54. The Kier molecular flexibility index (Phi) is 5.47. The summed E-state index contributed by atoms with van der Waals surface area (Å²) in [5, 5.41) is 1.97. The standard InChI is InChI=1S/C18H18N2O3S2/c1-2-23-15-7-9-16(10-8-15)25(21,22)20-13-14-5-3-11-19-18(14)17-6-4-12-24-17/h3-12,20H,2,13H2,1H3. The predicted molar refractivity (Wildman–Crippen MR) is 99.2 cm³/mol. The molecule has 0 atom stereocenters. The molecule has 0 aliphatic rings. The fourth-order valence-electron chi connectivity index (χ4n) is 2.35. The van der Waals surface area contributed by atoms with Gasteiger partial charge in [0.2, 0.25) is 10.0 Å². The Morgan fingerprint density at radius 3 is 2.60 bits per heavy atom. The first-order chi connectivity index (χ1) is 12.1. The Morgan fingerprint density at radius 1 is 1.12 bits per heavy atom. The van der Waals surface area contributed by atoms with Crippen molar-refractivity contribution in [2.24, 2.45) is 0 Å². The molecule has 0 radical (unpaired) electrons. The van der Waals surface area contributed by atoms with E-state index in [2.05, 4.69) is 9.71 Å². The van der Waals surface area contributed by atoms with Gasteiger partial charge >= 0.3 is 0 Å². The molecule has 2 heterocycles. The Labute approximate surface area is 151 Å². The minimum Gasteiger partial charge on any atom is -0.494 e. The van der Waals surface area contributed by atoms with E-state index in [-0.39, 0.29) is 11.4 Å². The molecule has 0 bridgehead atoms. The molecule has 1 N–H and O–H groups in total. The third kappa shape index (κ3) is 4.25. The molecule has 0 saturated carbocycles. The highest BCUT2D eigenvalue weighted by atomic mass is 32.2. The van der Waals surface area contributed by atoms with Crippen LogP contribution in [0.2, 0.25) is 0 Å². The zero-order chi connectivity index (χ0) is 17.7. The van der Waals surface area contributed by atoms with E-state index in [0.717, 1.165) is 16.1 Å². The normalized spacial score (nSPS) is 11.4. The molecular weight excluding hydrogens is 356 g/mol. The number of thiophene rings is 1. The molecule has 0 fully saturated rings. The van der Waals surface area contributed by atoms with Gasteiger partial charge in [-0.25, -0.2) is 13.1 Å². The van der Waals surface area contributed by atoms with Crippen LogP contribution in [0.4, 0.5) is 0 Å². The molecule has 2 aromatic heterocycles. The van der Waals surface area contributed by atoms with Crippen LogP contribution < -0.4 is 9.46 Å². The number of nitrogens with zero attached hydrogens (tertiary/aromatic N) is 1. The van der Waals surface area contributed by atoms with Crippen molar-refractivity contribution in [2.75, 3.05) is 6.61 Å². The van der Waals surface area contributed by atoms with E-state index in [1.807, 2.05) is 30.5 Å². The van der Waals surface area contributed by atoms with Gasteiger partial charge < -0.3 is 4.74 Å². The van der Waals surface area contributed by atoms with E-state index in [9.17, 15) is 8.42 Å². The van der Waals surface area contributed by atoms with Gasteiger partial charge in [0.15, 0.2) is 0 Å². The molecule has 0 saturated heterocycles. The van der Waals surface area contributed by atoms with E-state index in [1.165, 1.54) is 12.1 Å². The summed E-state index contributed by atoms with van der Waals surface area (Å²) in [4.78, 5) is 5.60. The Bertz CT molecular complexity index is 921. The Morgan fingerprint density at radius 2 is 1.92 bits per heavy atom. The topological polar surface area (TPSA) is 68.3 Å². The van der Waals surface area contributed by atoms with Crippen LogP contribution >= 0.6 is 11.3 Å². The minimum atomic E-state index is -3.61. The number of ether oxygens (including phenoxy) is 1.